The minimum atomic E-state index is -2.07. The minimum Gasteiger partial charge on any atom is -0.316 e. The highest BCUT2D eigenvalue weighted by Gasteiger charge is 2.57. The van der Waals surface area contributed by atoms with E-state index in [0.29, 0.717) is 11.8 Å². The van der Waals surface area contributed by atoms with Crippen LogP contribution in [0, 0.1) is 17.8 Å². The summed E-state index contributed by atoms with van der Waals surface area (Å²) in [6.45, 7) is 1.64. The fourth-order valence-electron chi connectivity index (χ4n) is 1.84. The van der Waals surface area contributed by atoms with Crippen LogP contribution in [-0.4, -0.2) is 19.5 Å². The van der Waals surface area contributed by atoms with Gasteiger partial charge in [0, 0.05) is 5.92 Å². The van der Waals surface area contributed by atoms with Crippen molar-refractivity contribution in [2.75, 3.05) is 13.1 Å². The van der Waals surface area contributed by atoms with Crippen LogP contribution in [0.1, 0.15) is 0 Å². The topological polar surface area (TPSA) is 12.0 Å². The molecule has 1 saturated carbocycles. The molecule has 0 radical (unpaired) electrons. The number of piperidine rings is 1. The van der Waals surface area contributed by atoms with E-state index in [-0.39, 0.29) is 5.92 Å². The standard InChI is InChI=1S/C6H9F2N/c7-6(8)5-3-1-9-2-4(3)5/h3-6,9H,1-2H2/t3-,4+,5?. The van der Waals surface area contributed by atoms with Gasteiger partial charge in [-0.05, 0) is 24.9 Å². The van der Waals surface area contributed by atoms with Crippen LogP contribution in [0.15, 0.2) is 0 Å². The number of fused-ring (bicyclic) bond motifs is 1. The van der Waals surface area contributed by atoms with Crippen molar-refractivity contribution < 1.29 is 8.78 Å². The van der Waals surface area contributed by atoms with Crippen molar-refractivity contribution in [2.45, 2.75) is 6.43 Å². The monoisotopic (exact) mass is 133 g/mol. The van der Waals surface area contributed by atoms with Crippen molar-refractivity contribution in [3.63, 3.8) is 0 Å². The number of hydrogen-bond donors (Lipinski definition) is 1. The molecule has 1 aliphatic heterocycles. The van der Waals surface area contributed by atoms with Crippen LogP contribution in [-0.2, 0) is 0 Å². The second-order valence-corrected chi connectivity index (χ2v) is 2.90. The SMILES string of the molecule is FC(F)C1[C@H]2CNC[C@@H]12. The normalized spacial score (nSPS) is 47.7. The van der Waals surface area contributed by atoms with Crippen LogP contribution < -0.4 is 5.32 Å². The van der Waals surface area contributed by atoms with E-state index in [1.54, 1.807) is 0 Å². The van der Waals surface area contributed by atoms with Crippen molar-refractivity contribution in [3.8, 4) is 0 Å². The Morgan fingerprint density at radius 1 is 1.22 bits per heavy atom. The van der Waals surface area contributed by atoms with Gasteiger partial charge in [-0.3, -0.25) is 0 Å². The summed E-state index contributed by atoms with van der Waals surface area (Å²) >= 11 is 0. The van der Waals surface area contributed by atoms with E-state index >= 15 is 0 Å². The van der Waals surface area contributed by atoms with Gasteiger partial charge in [0.1, 0.15) is 0 Å². The third-order valence-corrected chi connectivity index (χ3v) is 2.45. The Morgan fingerprint density at radius 2 is 1.78 bits per heavy atom. The van der Waals surface area contributed by atoms with Crippen LogP contribution >= 0.6 is 0 Å². The lowest BCUT2D eigenvalue weighted by Gasteiger charge is -2.00. The van der Waals surface area contributed by atoms with Gasteiger partial charge in [-0.25, -0.2) is 8.78 Å². The van der Waals surface area contributed by atoms with Crippen molar-refractivity contribution >= 4 is 0 Å². The lowest BCUT2D eigenvalue weighted by molar-refractivity contribution is 0.108. The van der Waals surface area contributed by atoms with Gasteiger partial charge in [0.25, 0.3) is 0 Å². The van der Waals surface area contributed by atoms with Gasteiger partial charge in [0.15, 0.2) is 0 Å². The molecule has 0 spiro atoms. The minimum absolute atomic E-state index is 0.258. The second-order valence-electron chi connectivity index (χ2n) is 2.90. The van der Waals surface area contributed by atoms with Gasteiger partial charge >= 0.3 is 0 Å². The Bertz CT molecular complexity index is 116. The zero-order chi connectivity index (χ0) is 6.43. The van der Waals surface area contributed by atoms with E-state index in [2.05, 4.69) is 5.32 Å². The molecule has 1 N–H and O–H groups in total. The van der Waals surface area contributed by atoms with Crippen LogP contribution in [0.4, 0.5) is 8.78 Å². The van der Waals surface area contributed by atoms with E-state index < -0.39 is 6.43 Å². The first-order chi connectivity index (χ1) is 4.30. The zero-order valence-corrected chi connectivity index (χ0v) is 4.98. The van der Waals surface area contributed by atoms with E-state index in [0.717, 1.165) is 13.1 Å². The largest absolute Gasteiger partial charge is 0.316 e. The van der Waals surface area contributed by atoms with Crippen molar-refractivity contribution in [1.29, 1.82) is 0 Å². The molecule has 2 fully saturated rings. The summed E-state index contributed by atoms with van der Waals surface area (Å²) in [5.74, 6) is 0.362. The van der Waals surface area contributed by atoms with Crippen LogP contribution in [0.5, 0.6) is 0 Å². The van der Waals surface area contributed by atoms with Crippen molar-refractivity contribution in [2.24, 2.45) is 17.8 Å². The summed E-state index contributed by atoms with van der Waals surface area (Å²) in [4.78, 5) is 0. The molecule has 1 saturated heterocycles. The molecule has 0 amide bonds. The smallest absolute Gasteiger partial charge is 0.242 e. The third kappa shape index (κ3) is 0.674. The second kappa shape index (κ2) is 1.66. The molecule has 52 valence electrons. The Kier molecular flexibility index (Phi) is 1.03. The summed E-state index contributed by atoms with van der Waals surface area (Å²) in [6, 6.07) is 0. The fraction of sp³-hybridized carbons (Fsp3) is 1.00. The molecule has 1 nitrogen and oxygen atoms in total. The van der Waals surface area contributed by atoms with Gasteiger partial charge in [0.05, 0.1) is 0 Å². The Balaban J connectivity index is 1.94. The number of alkyl halides is 2. The van der Waals surface area contributed by atoms with Crippen LogP contribution in [0.25, 0.3) is 0 Å². The molecule has 1 unspecified atom stereocenters. The maximum absolute atomic E-state index is 11.9. The highest BCUT2D eigenvalue weighted by Crippen LogP contribution is 2.51. The van der Waals surface area contributed by atoms with Gasteiger partial charge in [-0.1, -0.05) is 0 Å². The van der Waals surface area contributed by atoms with E-state index in [4.69, 9.17) is 0 Å². The number of halogens is 2. The maximum Gasteiger partial charge on any atom is 0.242 e. The van der Waals surface area contributed by atoms with Gasteiger partial charge in [-0.15, -0.1) is 0 Å². The molecule has 1 aliphatic carbocycles. The maximum atomic E-state index is 11.9. The summed E-state index contributed by atoms with van der Waals surface area (Å²) in [5.41, 5.74) is 0. The van der Waals surface area contributed by atoms with Gasteiger partial charge in [-0.2, -0.15) is 0 Å². The summed E-state index contributed by atoms with van der Waals surface area (Å²) < 4.78 is 23.8. The Labute approximate surface area is 52.4 Å². The van der Waals surface area contributed by atoms with Crippen LogP contribution in [0.3, 0.4) is 0 Å². The average molecular weight is 133 g/mol. The lowest BCUT2D eigenvalue weighted by atomic mass is 10.3. The van der Waals surface area contributed by atoms with Crippen LogP contribution in [0.2, 0.25) is 0 Å². The molecule has 3 heteroatoms. The van der Waals surface area contributed by atoms with Gasteiger partial charge in [0.2, 0.25) is 6.43 Å². The zero-order valence-electron chi connectivity index (χ0n) is 4.98. The van der Waals surface area contributed by atoms with E-state index in [1.807, 2.05) is 0 Å². The molecular formula is C6H9F2N. The van der Waals surface area contributed by atoms with E-state index in [9.17, 15) is 8.78 Å². The first-order valence-electron chi connectivity index (χ1n) is 3.29. The first kappa shape index (κ1) is 5.59. The molecule has 2 rings (SSSR count). The summed E-state index contributed by atoms with van der Waals surface area (Å²) in [5, 5.41) is 3.07. The number of rotatable bonds is 1. The lowest BCUT2D eigenvalue weighted by Crippen LogP contribution is -2.17. The van der Waals surface area contributed by atoms with Crippen molar-refractivity contribution in [3.05, 3.63) is 0 Å². The van der Waals surface area contributed by atoms with Gasteiger partial charge < -0.3 is 5.32 Å². The Hall–Kier alpha value is -0.180. The first-order valence-corrected chi connectivity index (χ1v) is 3.29. The predicted octanol–water partition coefficient (Wildman–Crippen LogP) is 0.717. The average Bonchev–Trinajstić information content (AvgIpc) is 2.30. The number of nitrogens with one attached hydrogen (secondary N) is 1. The predicted molar refractivity (Wildman–Crippen MR) is 29.3 cm³/mol. The Morgan fingerprint density at radius 3 is 2.11 bits per heavy atom. The quantitative estimate of drug-likeness (QED) is 0.555. The molecule has 9 heavy (non-hydrogen) atoms. The molecule has 0 aromatic rings. The van der Waals surface area contributed by atoms with Crippen molar-refractivity contribution in [1.82, 2.24) is 5.32 Å². The molecule has 2 aliphatic rings. The summed E-state index contributed by atoms with van der Waals surface area (Å²) in [7, 11) is 0. The third-order valence-electron chi connectivity index (χ3n) is 2.45. The molecule has 1 heterocycles. The molecule has 3 atom stereocenters. The molecule has 0 bridgehead atoms. The number of hydrogen-bond acceptors (Lipinski definition) is 1. The summed E-state index contributed by atoms with van der Waals surface area (Å²) in [6.07, 6.45) is -2.07. The highest BCUT2D eigenvalue weighted by molar-refractivity contribution is 5.04. The van der Waals surface area contributed by atoms with E-state index in [1.165, 1.54) is 0 Å². The fourth-order valence-corrected chi connectivity index (χ4v) is 1.84. The highest BCUT2D eigenvalue weighted by atomic mass is 19.3. The molecular weight excluding hydrogens is 124 g/mol. The molecule has 0 aromatic heterocycles. The molecule has 0 aromatic carbocycles.